The summed E-state index contributed by atoms with van der Waals surface area (Å²) in [6.45, 7) is 4.10. The summed E-state index contributed by atoms with van der Waals surface area (Å²) in [5.41, 5.74) is 1.99. The summed E-state index contributed by atoms with van der Waals surface area (Å²) in [6, 6.07) is 9.90. The smallest absolute Gasteiger partial charge is 0.311 e. The van der Waals surface area contributed by atoms with Gasteiger partial charge in [0.05, 0.1) is 17.1 Å². The summed E-state index contributed by atoms with van der Waals surface area (Å²) in [6.07, 6.45) is 2.80. The molecule has 158 valence electrons. The number of aliphatic carboxylic acids is 1. The first-order chi connectivity index (χ1) is 14.8. The molecular weight excluding hydrogens is 397 g/mol. The summed E-state index contributed by atoms with van der Waals surface area (Å²) in [5, 5.41) is 18.8. The molecule has 0 amide bonds. The van der Waals surface area contributed by atoms with Gasteiger partial charge in [-0.15, -0.1) is 0 Å². The number of carboxylic acids is 1. The van der Waals surface area contributed by atoms with Crippen LogP contribution in [0.3, 0.4) is 0 Å². The molecule has 1 fully saturated rings. The number of pyridine rings is 1. The fourth-order valence-electron chi connectivity index (χ4n) is 4.47. The van der Waals surface area contributed by atoms with Crippen LogP contribution in [-0.4, -0.2) is 25.8 Å². The zero-order valence-electron chi connectivity index (χ0n) is 17.3. The number of hydrogen-bond donors (Lipinski definition) is 2. The van der Waals surface area contributed by atoms with Gasteiger partial charge in [0.25, 0.3) is 5.56 Å². The molecule has 0 spiro atoms. The Hall–Kier alpha value is -3.48. The van der Waals surface area contributed by atoms with Gasteiger partial charge in [-0.2, -0.15) is 5.10 Å². The minimum atomic E-state index is -0.903. The molecule has 2 heterocycles. The van der Waals surface area contributed by atoms with Gasteiger partial charge < -0.3 is 9.67 Å². The quantitative estimate of drug-likeness (QED) is 0.492. The highest BCUT2D eigenvalue weighted by molar-refractivity contribution is 6.04. The van der Waals surface area contributed by atoms with Gasteiger partial charge in [0.1, 0.15) is 5.82 Å². The lowest BCUT2D eigenvalue weighted by Crippen LogP contribution is -2.32. The molecule has 0 unspecified atom stereocenters. The highest BCUT2D eigenvalue weighted by Gasteiger charge is 2.51. The largest absolute Gasteiger partial charge is 0.481 e. The van der Waals surface area contributed by atoms with Crippen molar-refractivity contribution in [1.29, 1.82) is 0 Å². The highest BCUT2D eigenvalue weighted by Crippen LogP contribution is 2.48. The Morgan fingerprint density at radius 2 is 1.94 bits per heavy atom. The molecule has 1 saturated carbocycles. The topological polar surface area (TPSA) is 88.0 Å². The first-order valence-electron chi connectivity index (χ1n) is 10.3. The number of halogens is 1. The number of H-pyrrole nitrogens is 1. The second-order valence-electron chi connectivity index (χ2n) is 8.75. The molecule has 1 aliphatic rings. The Labute approximate surface area is 177 Å². The van der Waals surface area contributed by atoms with Crippen molar-refractivity contribution in [2.75, 3.05) is 0 Å². The second-order valence-corrected chi connectivity index (χ2v) is 8.75. The molecule has 1 aliphatic carbocycles. The first kappa shape index (κ1) is 19.5. The standard InChI is InChI=1S/C24H22FN3O3/c1-13(2)21-20(14-3-5-16(25)6-4-14)17-9-15-11-26-27-19(15)10-18(17)22(29)28(21)12-24(7-8-24)23(30)31/h3-6,9-11,13H,7-8,12H2,1-2H3,(H,26,27)(H,30,31). The number of aromatic nitrogens is 3. The number of carboxylic acid groups (broad SMARTS) is 1. The van der Waals surface area contributed by atoms with Crippen LogP contribution in [0.15, 0.2) is 47.4 Å². The fraction of sp³-hybridized carbons (Fsp3) is 0.292. The van der Waals surface area contributed by atoms with Crippen molar-refractivity contribution in [1.82, 2.24) is 14.8 Å². The van der Waals surface area contributed by atoms with E-state index in [0.29, 0.717) is 18.2 Å². The summed E-state index contributed by atoms with van der Waals surface area (Å²) in [5.74, 6) is -1.27. The molecule has 2 aromatic carbocycles. The number of nitrogens with one attached hydrogen (secondary N) is 1. The normalized spacial score (nSPS) is 15.1. The third-order valence-corrected chi connectivity index (χ3v) is 6.32. The zero-order valence-corrected chi connectivity index (χ0v) is 17.3. The van der Waals surface area contributed by atoms with Crippen LogP contribution in [0.1, 0.15) is 38.3 Å². The summed E-state index contributed by atoms with van der Waals surface area (Å²) < 4.78 is 15.3. The Morgan fingerprint density at radius 1 is 1.23 bits per heavy atom. The maximum absolute atomic E-state index is 13.7. The Kier molecular flexibility index (Phi) is 4.25. The van der Waals surface area contributed by atoms with E-state index in [1.807, 2.05) is 19.9 Å². The molecule has 0 radical (unpaired) electrons. The number of aromatic amines is 1. The molecular formula is C24H22FN3O3. The van der Waals surface area contributed by atoms with Crippen molar-refractivity contribution in [3.05, 3.63) is 64.5 Å². The highest BCUT2D eigenvalue weighted by atomic mass is 19.1. The first-order valence-corrected chi connectivity index (χ1v) is 10.3. The summed E-state index contributed by atoms with van der Waals surface area (Å²) in [7, 11) is 0. The van der Waals surface area contributed by atoms with Crippen molar-refractivity contribution < 1.29 is 14.3 Å². The van der Waals surface area contributed by atoms with Crippen molar-refractivity contribution in [2.45, 2.75) is 39.2 Å². The van der Waals surface area contributed by atoms with Gasteiger partial charge in [0.2, 0.25) is 0 Å². The van der Waals surface area contributed by atoms with Gasteiger partial charge in [-0.1, -0.05) is 26.0 Å². The third kappa shape index (κ3) is 3.03. The molecule has 2 N–H and O–H groups in total. The van der Waals surface area contributed by atoms with Crippen LogP contribution in [0.4, 0.5) is 4.39 Å². The molecule has 0 aliphatic heterocycles. The van der Waals surface area contributed by atoms with Crippen LogP contribution >= 0.6 is 0 Å². The van der Waals surface area contributed by atoms with Gasteiger partial charge in [0.15, 0.2) is 0 Å². The molecule has 0 saturated heterocycles. The maximum atomic E-state index is 13.7. The van der Waals surface area contributed by atoms with E-state index in [4.69, 9.17) is 0 Å². The van der Waals surface area contributed by atoms with Gasteiger partial charge in [-0.25, -0.2) is 4.39 Å². The zero-order chi connectivity index (χ0) is 21.9. The van der Waals surface area contributed by atoms with E-state index >= 15 is 0 Å². The number of hydrogen-bond acceptors (Lipinski definition) is 3. The molecule has 6 nitrogen and oxygen atoms in total. The summed E-state index contributed by atoms with van der Waals surface area (Å²) >= 11 is 0. The van der Waals surface area contributed by atoms with Crippen molar-refractivity contribution in [3.63, 3.8) is 0 Å². The Bertz CT molecular complexity index is 1400. The lowest BCUT2D eigenvalue weighted by atomic mass is 9.91. The minimum Gasteiger partial charge on any atom is -0.481 e. The van der Waals surface area contributed by atoms with E-state index in [1.165, 1.54) is 12.1 Å². The van der Waals surface area contributed by atoms with Crippen molar-refractivity contribution in [2.24, 2.45) is 5.41 Å². The van der Waals surface area contributed by atoms with Gasteiger partial charge in [0, 0.05) is 28.6 Å². The lowest BCUT2D eigenvalue weighted by molar-refractivity contribution is -0.143. The molecule has 7 heteroatoms. The van der Waals surface area contributed by atoms with E-state index in [0.717, 1.165) is 33.1 Å². The number of nitrogens with zero attached hydrogens (tertiary/aromatic N) is 2. The van der Waals surface area contributed by atoms with Crippen LogP contribution < -0.4 is 5.56 Å². The Balaban J connectivity index is 1.91. The average Bonchev–Trinajstić information content (AvgIpc) is 3.38. The molecule has 0 bridgehead atoms. The van der Waals surface area contributed by atoms with Crippen LogP contribution in [0.2, 0.25) is 0 Å². The van der Waals surface area contributed by atoms with Crippen molar-refractivity contribution >= 4 is 27.6 Å². The van der Waals surface area contributed by atoms with Gasteiger partial charge in [-0.05, 0) is 54.0 Å². The predicted molar refractivity (Wildman–Crippen MR) is 117 cm³/mol. The van der Waals surface area contributed by atoms with Gasteiger partial charge in [-0.3, -0.25) is 14.7 Å². The molecule has 2 aromatic heterocycles. The van der Waals surface area contributed by atoms with Crippen LogP contribution in [0.5, 0.6) is 0 Å². The molecule has 4 aromatic rings. The minimum absolute atomic E-state index is 0.0539. The van der Waals surface area contributed by atoms with E-state index in [9.17, 15) is 19.1 Å². The van der Waals surface area contributed by atoms with Crippen LogP contribution in [0, 0.1) is 11.2 Å². The van der Waals surface area contributed by atoms with E-state index < -0.39 is 11.4 Å². The molecule has 0 atom stereocenters. The van der Waals surface area contributed by atoms with Crippen LogP contribution in [0.25, 0.3) is 32.8 Å². The predicted octanol–water partition coefficient (Wildman–Crippen LogP) is 4.67. The molecule has 31 heavy (non-hydrogen) atoms. The van der Waals surface area contributed by atoms with Crippen LogP contribution in [-0.2, 0) is 11.3 Å². The van der Waals surface area contributed by atoms with E-state index in [2.05, 4.69) is 10.2 Å². The number of carbonyl (C=O) groups is 1. The number of fused-ring (bicyclic) bond motifs is 2. The maximum Gasteiger partial charge on any atom is 0.311 e. The third-order valence-electron chi connectivity index (χ3n) is 6.32. The SMILES string of the molecule is CC(C)c1c(-c2ccc(F)cc2)c2cc3cn[nH]c3cc2c(=O)n1CC1(C(=O)O)CC1. The second kappa shape index (κ2) is 6.77. The summed E-state index contributed by atoms with van der Waals surface area (Å²) in [4.78, 5) is 25.6. The van der Waals surface area contributed by atoms with Gasteiger partial charge >= 0.3 is 5.97 Å². The fourth-order valence-corrected chi connectivity index (χ4v) is 4.47. The lowest BCUT2D eigenvalue weighted by Gasteiger charge is -2.24. The van der Waals surface area contributed by atoms with Crippen molar-refractivity contribution in [3.8, 4) is 11.1 Å². The Morgan fingerprint density at radius 3 is 2.55 bits per heavy atom. The monoisotopic (exact) mass is 419 g/mol. The molecule has 5 rings (SSSR count). The number of benzene rings is 2. The average molecular weight is 419 g/mol. The number of rotatable bonds is 5. The van der Waals surface area contributed by atoms with E-state index in [-0.39, 0.29) is 23.8 Å². The van der Waals surface area contributed by atoms with E-state index in [1.54, 1.807) is 29.0 Å².